The highest BCUT2D eigenvalue weighted by Gasteiger charge is 2.20. The summed E-state index contributed by atoms with van der Waals surface area (Å²) in [6.45, 7) is 2.72. The summed E-state index contributed by atoms with van der Waals surface area (Å²) < 4.78 is 0. The van der Waals surface area contributed by atoms with Gasteiger partial charge in [-0.25, -0.2) is 4.98 Å². The van der Waals surface area contributed by atoms with E-state index < -0.39 is 0 Å². The molecule has 0 amide bonds. The van der Waals surface area contributed by atoms with E-state index in [-0.39, 0.29) is 6.10 Å². The molecule has 0 bridgehead atoms. The molecule has 1 N–H and O–H groups in total. The molecule has 2 heterocycles. The van der Waals surface area contributed by atoms with Crippen molar-refractivity contribution >= 4 is 16.5 Å². The number of β-amino-alcohol motifs (C(OH)–C–C–N with tert-alkyl or cyclic N) is 1. The van der Waals surface area contributed by atoms with Crippen LogP contribution in [0.5, 0.6) is 0 Å². The highest BCUT2D eigenvalue weighted by Crippen LogP contribution is 2.23. The number of aromatic nitrogens is 1. The lowest BCUT2D eigenvalue weighted by Crippen LogP contribution is -2.20. The number of aliphatic hydroxyl groups excluding tert-OH is 1. The summed E-state index contributed by atoms with van der Waals surface area (Å²) in [5, 5.41) is 10.5. The zero-order chi connectivity index (χ0) is 10.8. The fourth-order valence-electron chi connectivity index (χ4n) is 1.75. The van der Waals surface area contributed by atoms with Crippen molar-refractivity contribution in [1.82, 2.24) is 9.88 Å². The summed E-state index contributed by atoms with van der Waals surface area (Å²) in [7, 11) is 4.00. The molecule has 4 nitrogen and oxygen atoms in total. The predicted octanol–water partition coefficient (Wildman–Crippen LogP) is 0.776. The average molecular weight is 227 g/mol. The Balaban J connectivity index is 1.93. The maximum atomic E-state index is 9.41. The normalized spacial score (nSPS) is 22.2. The van der Waals surface area contributed by atoms with Gasteiger partial charge in [-0.05, 0) is 6.42 Å². The van der Waals surface area contributed by atoms with Crippen molar-refractivity contribution in [1.29, 1.82) is 0 Å². The molecule has 0 radical (unpaired) electrons. The first-order valence-electron chi connectivity index (χ1n) is 5.17. The summed E-state index contributed by atoms with van der Waals surface area (Å²) in [5.74, 6) is 0. The molecule has 1 saturated heterocycles. The van der Waals surface area contributed by atoms with E-state index in [1.807, 2.05) is 25.2 Å². The van der Waals surface area contributed by atoms with Crippen LogP contribution in [-0.4, -0.2) is 48.3 Å². The number of hydrogen-bond acceptors (Lipinski definition) is 5. The number of thiazole rings is 1. The summed E-state index contributed by atoms with van der Waals surface area (Å²) in [6, 6.07) is 0. The Morgan fingerprint density at radius 1 is 1.67 bits per heavy atom. The second kappa shape index (κ2) is 4.47. The van der Waals surface area contributed by atoms with Crippen LogP contribution in [0.2, 0.25) is 0 Å². The van der Waals surface area contributed by atoms with E-state index in [9.17, 15) is 5.11 Å². The van der Waals surface area contributed by atoms with Gasteiger partial charge in [-0.2, -0.15) is 0 Å². The van der Waals surface area contributed by atoms with Crippen molar-refractivity contribution in [2.75, 3.05) is 32.1 Å². The van der Waals surface area contributed by atoms with Gasteiger partial charge in [-0.15, -0.1) is 11.3 Å². The molecule has 1 fully saturated rings. The number of anilines is 1. The number of rotatable bonds is 3. The zero-order valence-corrected chi connectivity index (χ0v) is 10.00. The van der Waals surface area contributed by atoms with E-state index in [2.05, 4.69) is 9.88 Å². The molecule has 1 aromatic heterocycles. The van der Waals surface area contributed by atoms with Crippen molar-refractivity contribution in [3.63, 3.8) is 0 Å². The number of likely N-dealkylation sites (tertiary alicyclic amines) is 1. The molecule has 0 unspecified atom stereocenters. The van der Waals surface area contributed by atoms with E-state index in [1.165, 1.54) is 4.88 Å². The van der Waals surface area contributed by atoms with Crippen LogP contribution < -0.4 is 4.90 Å². The second-order valence-electron chi connectivity index (χ2n) is 4.18. The monoisotopic (exact) mass is 227 g/mol. The van der Waals surface area contributed by atoms with Gasteiger partial charge in [0.25, 0.3) is 0 Å². The van der Waals surface area contributed by atoms with Crippen LogP contribution in [0.1, 0.15) is 11.3 Å². The summed E-state index contributed by atoms with van der Waals surface area (Å²) in [4.78, 5) is 9.90. The number of aliphatic hydroxyl groups is 1. The van der Waals surface area contributed by atoms with Crippen molar-refractivity contribution in [3.05, 3.63) is 11.1 Å². The van der Waals surface area contributed by atoms with Crippen molar-refractivity contribution < 1.29 is 5.11 Å². The Morgan fingerprint density at radius 3 is 3.00 bits per heavy atom. The topological polar surface area (TPSA) is 39.6 Å². The summed E-state index contributed by atoms with van der Waals surface area (Å²) >= 11 is 1.72. The van der Waals surface area contributed by atoms with Gasteiger partial charge in [0.15, 0.2) is 5.13 Å². The third-order valence-corrected chi connectivity index (χ3v) is 3.70. The molecule has 0 aromatic carbocycles. The molecule has 1 atom stereocenters. The van der Waals surface area contributed by atoms with Crippen LogP contribution in [0.25, 0.3) is 0 Å². The van der Waals surface area contributed by atoms with Crippen LogP contribution in [-0.2, 0) is 6.54 Å². The van der Waals surface area contributed by atoms with E-state index in [4.69, 9.17) is 0 Å². The van der Waals surface area contributed by atoms with E-state index in [0.717, 1.165) is 31.2 Å². The van der Waals surface area contributed by atoms with Crippen molar-refractivity contribution in [3.8, 4) is 0 Å². The Kier molecular flexibility index (Phi) is 3.23. The molecule has 15 heavy (non-hydrogen) atoms. The molecule has 0 spiro atoms. The minimum atomic E-state index is -0.133. The predicted molar refractivity (Wildman–Crippen MR) is 62.3 cm³/mol. The first kappa shape index (κ1) is 10.9. The third kappa shape index (κ3) is 2.68. The maximum Gasteiger partial charge on any atom is 0.185 e. The number of hydrogen-bond donors (Lipinski definition) is 1. The van der Waals surface area contributed by atoms with Gasteiger partial charge < -0.3 is 10.0 Å². The highest BCUT2D eigenvalue weighted by molar-refractivity contribution is 7.15. The molecule has 1 aliphatic heterocycles. The standard InChI is InChI=1S/C10H17N3OS/c1-12(2)10-11-5-9(15-10)7-13-4-3-8(14)6-13/h5,8,14H,3-4,6-7H2,1-2H3/t8-/m0/s1. The first-order chi connectivity index (χ1) is 7.15. The molecule has 1 aromatic rings. The molecule has 0 aliphatic carbocycles. The second-order valence-corrected chi connectivity index (χ2v) is 5.27. The Labute approximate surface area is 94.2 Å². The lowest BCUT2D eigenvalue weighted by molar-refractivity contribution is 0.175. The molecular formula is C10H17N3OS. The van der Waals surface area contributed by atoms with E-state index in [1.54, 1.807) is 11.3 Å². The Hall–Kier alpha value is -0.650. The van der Waals surface area contributed by atoms with Crippen LogP contribution in [0.4, 0.5) is 5.13 Å². The fourth-order valence-corrected chi connectivity index (χ4v) is 2.63. The van der Waals surface area contributed by atoms with Gasteiger partial charge in [0.05, 0.1) is 6.10 Å². The van der Waals surface area contributed by atoms with Crippen LogP contribution in [0.3, 0.4) is 0 Å². The maximum absolute atomic E-state index is 9.41. The Bertz CT molecular complexity index is 326. The van der Waals surface area contributed by atoms with Crippen molar-refractivity contribution in [2.45, 2.75) is 19.1 Å². The van der Waals surface area contributed by atoms with Crippen LogP contribution in [0.15, 0.2) is 6.20 Å². The minimum Gasteiger partial charge on any atom is -0.392 e. The molecule has 2 rings (SSSR count). The lowest BCUT2D eigenvalue weighted by Gasteiger charge is -2.12. The quantitative estimate of drug-likeness (QED) is 0.828. The van der Waals surface area contributed by atoms with Gasteiger partial charge in [0.2, 0.25) is 0 Å². The SMILES string of the molecule is CN(C)c1ncc(CN2CC[C@H](O)C2)s1. The fraction of sp³-hybridized carbons (Fsp3) is 0.700. The van der Waals surface area contributed by atoms with Crippen LogP contribution >= 0.6 is 11.3 Å². The molecule has 0 saturated carbocycles. The van der Waals surface area contributed by atoms with E-state index >= 15 is 0 Å². The highest BCUT2D eigenvalue weighted by atomic mass is 32.1. The van der Waals surface area contributed by atoms with E-state index in [0.29, 0.717) is 0 Å². The number of nitrogens with zero attached hydrogens (tertiary/aromatic N) is 3. The van der Waals surface area contributed by atoms with Gasteiger partial charge in [0.1, 0.15) is 0 Å². The van der Waals surface area contributed by atoms with Gasteiger partial charge in [0, 0.05) is 44.8 Å². The summed E-state index contributed by atoms with van der Waals surface area (Å²) in [5.41, 5.74) is 0. The average Bonchev–Trinajstić information content (AvgIpc) is 2.76. The van der Waals surface area contributed by atoms with Gasteiger partial charge >= 0.3 is 0 Å². The zero-order valence-electron chi connectivity index (χ0n) is 9.18. The van der Waals surface area contributed by atoms with Crippen molar-refractivity contribution in [2.24, 2.45) is 0 Å². The molecular weight excluding hydrogens is 210 g/mol. The smallest absolute Gasteiger partial charge is 0.185 e. The minimum absolute atomic E-state index is 0.133. The first-order valence-corrected chi connectivity index (χ1v) is 5.99. The summed E-state index contributed by atoms with van der Waals surface area (Å²) in [6.07, 6.45) is 2.70. The molecule has 1 aliphatic rings. The molecule has 5 heteroatoms. The Morgan fingerprint density at radius 2 is 2.47 bits per heavy atom. The molecule has 84 valence electrons. The lowest BCUT2D eigenvalue weighted by atomic mass is 10.3. The van der Waals surface area contributed by atoms with Gasteiger partial charge in [-0.1, -0.05) is 0 Å². The van der Waals surface area contributed by atoms with Gasteiger partial charge in [-0.3, -0.25) is 4.90 Å². The van der Waals surface area contributed by atoms with Crippen LogP contribution in [0, 0.1) is 0 Å². The largest absolute Gasteiger partial charge is 0.392 e. The third-order valence-electron chi connectivity index (χ3n) is 2.55.